The second kappa shape index (κ2) is 9.50. The highest BCUT2D eigenvalue weighted by Gasteiger charge is 2.17. The normalized spacial score (nSPS) is 14.0. The van der Waals surface area contributed by atoms with Crippen LogP contribution >= 0.6 is 0 Å². The van der Waals surface area contributed by atoms with Gasteiger partial charge in [0.25, 0.3) is 5.91 Å². The standard InChI is InChI=1S/C21H29N5O2/c1-4-5-10-25(3)21(27)18-15-20(23-16(2)22-18)24-17-8-6-7-9-19(17)26-11-13-28-14-12-26/h6-9,15H,4-5,10-14H2,1-3H3,(H,22,23,24). The van der Waals surface area contributed by atoms with Gasteiger partial charge >= 0.3 is 0 Å². The Morgan fingerprint density at radius 1 is 1.25 bits per heavy atom. The number of rotatable bonds is 7. The molecule has 28 heavy (non-hydrogen) atoms. The second-order valence-corrected chi connectivity index (χ2v) is 7.01. The lowest BCUT2D eigenvalue weighted by molar-refractivity contribution is 0.0787. The number of hydrogen-bond donors (Lipinski definition) is 1. The van der Waals surface area contributed by atoms with E-state index in [4.69, 9.17) is 4.74 Å². The van der Waals surface area contributed by atoms with E-state index < -0.39 is 0 Å². The van der Waals surface area contributed by atoms with Crippen LogP contribution in [0.3, 0.4) is 0 Å². The van der Waals surface area contributed by atoms with E-state index in [0.717, 1.165) is 57.1 Å². The molecule has 1 fully saturated rings. The van der Waals surface area contributed by atoms with Crippen LogP contribution in [0.1, 0.15) is 36.1 Å². The quantitative estimate of drug-likeness (QED) is 0.791. The van der Waals surface area contributed by atoms with Crippen LogP contribution in [-0.4, -0.2) is 60.7 Å². The van der Waals surface area contributed by atoms with Crippen molar-refractivity contribution in [3.05, 3.63) is 41.9 Å². The molecule has 0 aliphatic carbocycles. The van der Waals surface area contributed by atoms with Gasteiger partial charge in [-0.3, -0.25) is 4.79 Å². The SMILES string of the molecule is CCCCN(C)C(=O)c1cc(Nc2ccccc2N2CCOCC2)nc(C)n1. The highest BCUT2D eigenvalue weighted by molar-refractivity contribution is 5.93. The number of nitrogens with one attached hydrogen (secondary N) is 1. The minimum Gasteiger partial charge on any atom is -0.378 e. The molecule has 1 aromatic carbocycles. The fraction of sp³-hybridized carbons (Fsp3) is 0.476. The number of hydrogen-bond acceptors (Lipinski definition) is 6. The van der Waals surface area contributed by atoms with Gasteiger partial charge in [0.1, 0.15) is 17.3 Å². The van der Waals surface area contributed by atoms with Gasteiger partial charge in [-0.25, -0.2) is 9.97 Å². The number of carbonyl (C=O) groups is 1. The first-order valence-electron chi connectivity index (χ1n) is 9.88. The van der Waals surface area contributed by atoms with Gasteiger partial charge in [-0.15, -0.1) is 0 Å². The summed E-state index contributed by atoms with van der Waals surface area (Å²) in [5.74, 6) is 1.12. The number of amides is 1. The fourth-order valence-electron chi connectivity index (χ4n) is 3.23. The molecule has 2 heterocycles. The van der Waals surface area contributed by atoms with Gasteiger partial charge in [-0.1, -0.05) is 25.5 Å². The Hall–Kier alpha value is -2.67. The van der Waals surface area contributed by atoms with E-state index in [1.165, 1.54) is 0 Å². The van der Waals surface area contributed by atoms with Crippen molar-refractivity contribution >= 4 is 23.1 Å². The van der Waals surface area contributed by atoms with Crippen molar-refractivity contribution in [2.45, 2.75) is 26.7 Å². The van der Waals surface area contributed by atoms with E-state index in [0.29, 0.717) is 17.3 Å². The summed E-state index contributed by atoms with van der Waals surface area (Å²) in [5.41, 5.74) is 2.48. The Morgan fingerprint density at radius 3 is 2.75 bits per heavy atom. The summed E-state index contributed by atoms with van der Waals surface area (Å²) in [6.07, 6.45) is 2.02. The minimum absolute atomic E-state index is 0.0801. The zero-order chi connectivity index (χ0) is 19.9. The zero-order valence-corrected chi connectivity index (χ0v) is 16.9. The molecule has 7 nitrogen and oxygen atoms in total. The molecule has 1 saturated heterocycles. The molecule has 1 amide bonds. The number of morpholine rings is 1. The predicted octanol–water partition coefficient (Wildman–Crippen LogP) is 3.24. The van der Waals surface area contributed by atoms with Crippen LogP contribution in [-0.2, 0) is 4.74 Å². The summed E-state index contributed by atoms with van der Waals surface area (Å²) in [6.45, 7) is 7.80. The van der Waals surface area contributed by atoms with Gasteiger partial charge in [0.2, 0.25) is 0 Å². The Balaban J connectivity index is 1.82. The maximum atomic E-state index is 12.7. The number of aryl methyl sites for hydroxylation is 1. The molecule has 0 saturated carbocycles. The molecule has 1 N–H and O–H groups in total. The summed E-state index contributed by atoms with van der Waals surface area (Å²) in [7, 11) is 1.82. The van der Waals surface area contributed by atoms with E-state index in [2.05, 4.69) is 33.2 Å². The second-order valence-electron chi connectivity index (χ2n) is 7.01. The molecule has 0 atom stereocenters. The van der Waals surface area contributed by atoms with Crippen LogP contribution in [0, 0.1) is 6.92 Å². The van der Waals surface area contributed by atoms with Crippen molar-refractivity contribution in [2.75, 3.05) is 50.1 Å². The van der Waals surface area contributed by atoms with Crippen LogP contribution in [0.2, 0.25) is 0 Å². The highest BCUT2D eigenvalue weighted by Crippen LogP contribution is 2.29. The zero-order valence-electron chi connectivity index (χ0n) is 16.9. The molecule has 0 bridgehead atoms. The van der Waals surface area contributed by atoms with Crippen LogP contribution in [0.4, 0.5) is 17.2 Å². The molecular formula is C21H29N5O2. The van der Waals surface area contributed by atoms with E-state index in [1.807, 2.05) is 32.2 Å². The van der Waals surface area contributed by atoms with Crippen LogP contribution in [0.5, 0.6) is 0 Å². The summed E-state index contributed by atoms with van der Waals surface area (Å²) in [5, 5.41) is 3.38. The Labute approximate surface area is 166 Å². The number of unbranched alkanes of at least 4 members (excludes halogenated alkanes) is 1. The monoisotopic (exact) mass is 383 g/mol. The number of nitrogens with zero attached hydrogens (tertiary/aromatic N) is 4. The lowest BCUT2D eigenvalue weighted by atomic mass is 10.2. The van der Waals surface area contributed by atoms with Gasteiger partial charge in [0.05, 0.1) is 24.6 Å². The molecule has 150 valence electrons. The summed E-state index contributed by atoms with van der Waals surface area (Å²) in [6, 6.07) is 9.86. The van der Waals surface area contributed by atoms with Crippen molar-refractivity contribution in [3.8, 4) is 0 Å². The van der Waals surface area contributed by atoms with Crippen molar-refractivity contribution in [1.29, 1.82) is 0 Å². The van der Waals surface area contributed by atoms with Crippen molar-refractivity contribution < 1.29 is 9.53 Å². The van der Waals surface area contributed by atoms with E-state index in [1.54, 1.807) is 11.0 Å². The maximum absolute atomic E-state index is 12.7. The highest BCUT2D eigenvalue weighted by atomic mass is 16.5. The van der Waals surface area contributed by atoms with Crippen LogP contribution < -0.4 is 10.2 Å². The van der Waals surface area contributed by atoms with Crippen molar-refractivity contribution in [3.63, 3.8) is 0 Å². The maximum Gasteiger partial charge on any atom is 0.272 e. The molecule has 1 aliphatic heterocycles. The minimum atomic E-state index is -0.0801. The summed E-state index contributed by atoms with van der Waals surface area (Å²) < 4.78 is 5.46. The third-order valence-electron chi connectivity index (χ3n) is 4.77. The molecule has 0 spiro atoms. The van der Waals surface area contributed by atoms with Crippen molar-refractivity contribution in [1.82, 2.24) is 14.9 Å². The molecule has 7 heteroatoms. The third kappa shape index (κ3) is 4.98. The van der Waals surface area contributed by atoms with Crippen molar-refractivity contribution in [2.24, 2.45) is 0 Å². The van der Waals surface area contributed by atoms with Gasteiger partial charge < -0.3 is 19.9 Å². The Morgan fingerprint density at radius 2 is 2.00 bits per heavy atom. The number of anilines is 3. The molecule has 0 unspecified atom stereocenters. The number of aromatic nitrogens is 2. The Kier molecular flexibility index (Phi) is 6.81. The third-order valence-corrected chi connectivity index (χ3v) is 4.77. The van der Waals surface area contributed by atoms with Crippen LogP contribution in [0.15, 0.2) is 30.3 Å². The number of carbonyl (C=O) groups excluding carboxylic acids is 1. The smallest absolute Gasteiger partial charge is 0.272 e. The fourth-order valence-corrected chi connectivity index (χ4v) is 3.23. The molecule has 1 aliphatic rings. The van der Waals surface area contributed by atoms with Gasteiger partial charge in [-0.2, -0.15) is 0 Å². The van der Waals surface area contributed by atoms with E-state index in [-0.39, 0.29) is 5.91 Å². The molecule has 2 aromatic rings. The van der Waals surface area contributed by atoms with Crippen LogP contribution in [0.25, 0.3) is 0 Å². The van der Waals surface area contributed by atoms with E-state index in [9.17, 15) is 4.79 Å². The molecule has 0 radical (unpaired) electrons. The topological polar surface area (TPSA) is 70.6 Å². The first kappa shape index (κ1) is 20.1. The molecule has 3 rings (SSSR count). The lowest BCUT2D eigenvalue weighted by Crippen LogP contribution is -2.36. The van der Waals surface area contributed by atoms with Gasteiger partial charge in [-0.05, 0) is 25.5 Å². The van der Waals surface area contributed by atoms with E-state index >= 15 is 0 Å². The number of ether oxygens (including phenoxy) is 1. The summed E-state index contributed by atoms with van der Waals surface area (Å²) in [4.78, 5) is 25.6. The average molecular weight is 383 g/mol. The lowest BCUT2D eigenvalue weighted by Gasteiger charge is -2.30. The molecular weight excluding hydrogens is 354 g/mol. The average Bonchev–Trinajstić information content (AvgIpc) is 2.72. The predicted molar refractivity (Wildman–Crippen MR) is 111 cm³/mol. The Bertz CT molecular complexity index is 805. The van der Waals surface area contributed by atoms with Gasteiger partial charge in [0.15, 0.2) is 0 Å². The first-order valence-corrected chi connectivity index (χ1v) is 9.88. The summed E-state index contributed by atoms with van der Waals surface area (Å²) >= 11 is 0. The molecule has 1 aromatic heterocycles. The largest absolute Gasteiger partial charge is 0.378 e. The number of benzene rings is 1. The first-order chi connectivity index (χ1) is 13.6. The number of para-hydroxylation sites is 2. The van der Waals surface area contributed by atoms with Gasteiger partial charge in [0, 0.05) is 32.7 Å².